The first-order valence-corrected chi connectivity index (χ1v) is 9.70. The predicted octanol–water partition coefficient (Wildman–Crippen LogP) is 3.94. The van der Waals surface area contributed by atoms with Crippen LogP contribution in [0.4, 0.5) is 0 Å². The van der Waals surface area contributed by atoms with Crippen molar-refractivity contribution in [3.8, 4) is 0 Å². The van der Waals surface area contributed by atoms with Gasteiger partial charge in [-0.1, -0.05) is 64.7 Å². The van der Waals surface area contributed by atoms with Crippen LogP contribution in [0.5, 0.6) is 0 Å². The molecule has 0 saturated carbocycles. The summed E-state index contributed by atoms with van der Waals surface area (Å²) in [6.07, 6.45) is 12.1. The van der Waals surface area contributed by atoms with E-state index < -0.39 is 10.1 Å². The second kappa shape index (κ2) is 12.6. The van der Waals surface area contributed by atoms with E-state index in [0.717, 1.165) is 38.5 Å². The number of rotatable bonds is 14. The fourth-order valence-electron chi connectivity index (χ4n) is 2.32. The van der Waals surface area contributed by atoms with Crippen molar-refractivity contribution >= 4 is 10.1 Å². The van der Waals surface area contributed by atoms with Gasteiger partial charge in [-0.25, -0.2) is 0 Å². The fraction of sp³-hybridized carbons (Fsp3) is 1.00. The van der Waals surface area contributed by atoms with Crippen molar-refractivity contribution in [1.29, 1.82) is 0 Å². The SMILES string of the molecule is CCCCCCCCC(O)CCCCCCS(=O)(=O)O. The third-order valence-corrected chi connectivity index (χ3v) is 4.39. The maximum Gasteiger partial charge on any atom is 0.264 e. The van der Waals surface area contributed by atoms with Gasteiger partial charge in [0.15, 0.2) is 0 Å². The highest BCUT2D eigenvalue weighted by Crippen LogP contribution is 2.13. The largest absolute Gasteiger partial charge is 0.393 e. The minimum Gasteiger partial charge on any atom is -0.393 e. The summed E-state index contributed by atoms with van der Waals surface area (Å²) < 4.78 is 29.6. The van der Waals surface area contributed by atoms with Gasteiger partial charge in [-0.2, -0.15) is 8.42 Å². The maximum atomic E-state index is 10.5. The Bertz CT molecular complexity index is 301. The van der Waals surface area contributed by atoms with Crippen LogP contribution in [0.25, 0.3) is 0 Å². The fourth-order valence-corrected chi connectivity index (χ4v) is 2.89. The zero-order valence-corrected chi connectivity index (χ0v) is 13.7. The summed E-state index contributed by atoms with van der Waals surface area (Å²) in [6.45, 7) is 2.21. The van der Waals surface area contributed by atoms with Crippen LogP contribution in [0.1, 0.15) is 84.0 Å². The van der Waals surface area contributed by atoms with Crippen LogP contribution in [-0.4, -0.2) is 29.9 Å². The van der Waals surface area contributed by atoms with Gasteiger partial charge in [0.25, 0.3) is 10.1 Å². The van der Waals surface area contributed by atoms with E-state index >= 15 is 0 Å². The van der Waals surface area contributed by atoms with Gasteiger partial charge in [-0.05, 0) is 19.3 Å². The third-order valence-electron chi connectivity index (χ3n) is 3.58. The molecule has 0 rings (SSSR count). The van der Waals surface area contributed by atoms with Gasteiger partial charge in [0.2, 0.25) is 0 Å². The Morgan fingerprint density at radius 1 is 0.800 bits per heavy atom. The molecule has 122 valence electrons. The molecule has 0 aromatic heterocycles. The van der Waals surface area contributed by atoms with Crippen LogP contribution in [0.2, 0.25) is 0 Å². The first-order chi connectivity index (χ1) is 9.45. The highest BCUT2D eigenvalue weighted by Gasteiger charge is 2.05. The Kier molecular flexibility index (Phi) is 12.5. The maximum absolute atomic E-state index is 10.5. The summed E-state index contributed by atoms with van der Waals surface area (Å²) in [7, 11) is -3.80. The molecule has 20 heavy (non-hydrogen) atoms. The van der Waals surface area contributed by atoms with E-state index in [1.807, 2.05) is 0 Å². The van der Waals surface area contributed by atoms with Crippen molar-refractivity contribution in [2.24, 2.45) is 0 Å². The lowest BCUT2D eigenvalue weighted by Gasteiger charge is -2.10. The average Bonchev–Trinajstić information content (AvgIpc) is 2.36. The Labute approximate surface area is 124 Å². The van der Waals surface area contributed by atoms with Crippen LogP contribution < -0.4 is 0 Å². The molecule has 0 aromatic rings. The molecule has 0 saturated heterocycles. The molecule has 4 nitrogen and oxygen atoms in total. The van der Waals surface area contributed by atoms with Crippen LogP contribution >= 0.6 is 0 Å². The molecule has 0 fully saturated rings. The quantitative estimate of drug-likeness (QED) is 0.376. The Balaban J connectivity index is 3.26. The van der Waals surface area contributed by atoms with E-state index in [1.54, 1.807) is 0 Å². The monoisotopic (exact) mass is 308 g/mol. The first-order valence-electron chi connectivity index (χ1n) is 8.09. The topological polar surface area (TPSA) is 74.6 Å². The van der Waals surface area contributed by atoms with Gasteiger partial charge in [0, 0.05) is 0 Å². The van der Waals surface area contributed by atoms with E-state index in [-0.39, 0.29) is 11.9 Å². The second-order valence-corrected chi connectivity index (χ2v) is 7.27. The molecule has 2 N–H and O–H groups in total. The molecule has 1 unspecified atom stereocenters. The van der Waals surface area contributed by atoms with Gasteiger partial charge in [-0.3, -0.25) is 4.55 Å². The van der Waals surface area contributed by atoms with Crippen molar-refractivity contribution in [2.45, 2.75) is 90.1 Å². The van der Waals surface area contributed by atoms with Gasteiger partial charge in [0.1, 0.15) is 0 Å². The van der Waals surface area contributed by atoms with Crippen molar-refractivity contribution in [2.75, 3.05) is 5.75 Å². The van der Waals surface area contributed by atoms with Crippen molar-refractivity contribution in [1.82, 2.24) is 0 Å². The van der Waals surface area contributed by atoms with E-state index in [4.69, 9.17) is 4.55 Å². The molecule has 0 aliphatic carbocycles. The lowest BCUT2D eigenvalue weighted by molar-refractivity contribution is 0.147. The van der Waals surface area contributed by atoms with Crippen LogP contribution in [0.3, 0.4) is 0 Å². The summed E-state index contributed by atoms with van der Waals surface area (Å²) >= 11 is 0. The number of aliphatic hydroxyl groups is 1. The van der Waals surface area contributed by atoms with E-state index in [2.05, 4.69) is 6.92 Å². The molecule has 0 bridgehead atoms. The Hall–Kier alpha value is -0.130. The molecule has 0 radical (unpaired) electrons. The lowest BCUT2D eigenvalue weighted by atomic mass is 10.0. The summed E-state index contributed by atoms with van der Waals surface area (Å²) in [6, 6.07) is 0. The van der Waals surface area contributed by atoms with Gasteiger partial charge < -0.3 is 5.11 Å². The zero-order chi connectivity index (χ0) is 15.3. The third kappa shape index (κ3) is 15.9. The molecule has 0 aliphatic rings. The molecular weight excluding hydrogens is 276 g/mol. The average molecular weight is 308 g/mol. The summed E-state index contributed by atoms with van der Waals surface area (Å²) in [5.74, 6) is -0.146. The smallest absolute Gasteiger partial charge is 0.264 e. The second-order valence-electron chi connectivity index (χ2n) is 5.70. The summed E-state index contributed by atoms with van der Waals surface area (Å²) in [5.41, 5.74) is 0. The van der Waals surface area contributed by atoms with Gasteiger partial charge >= 0.3 is 0 Å². The highest BCUT2D eigenvalue weighted by atomic mass is 32.2. The molecule has 5 heteroatoms. The van der Waals surface area contributed by atoms with Crippen LogP contribution in [-0.2, 0) is 10.1 Å². The highest BCUT2D eigenvalue weighted by molar-refractivity contribution is 7.85. The Morgan fingerprint density at radius 3 is 1.75 bits per heavy atom. The minimum absolute atomic E-state index is 0.146. The predicted molar refractivity (Wildman–Crippen MR) is 83.5 cm³/mol. The molecule has 0 spiro atoms. The Morgan fingerprint density at radius 2 is 1.25 bits per heavy atom. The normalized spacial score (nSPS) is 13.6. The number of hydrogen-bond donors (Lipinski definition) is 2. The van der Waals surface area contributed by atoms with Crippen molar-refractivity contribution < 1.29 is 18.1 Å². The molecule has 0 heterocycles. The first kappa shape index (κ1) is 19.9. The van der Waals surface area contributed by atoms with Crippen LogP contribution in [0.15, 0.2) is 0 Å². The summed E-state index contributed by atoms with van der Waals surface area (Å²) in [4.78, 5) is 0. The number of aliphatic hydroxyl groups excluding tert-OH is 1. The summed E-state index contributed by atoms with van der Waals surface area (Å²) in [5, 5.41) is 9.80. The molecule has 0 aromatic carbocycles. The molecule has 1 atom stereocenters. The molecule has 0 aliphatic heterocycles. The minimum atomic E-state index is -3.80. The lowest BCUT2D eigenvalue weighted by Crippen LogP contribution is -2.06. The van der Waals surface area contributed by atoms with Gasteiger partial charge in [0.05, 0.1) is 11.9 Å². The van der Waals surface area contributed by atoms with E-state index in [0.29, 0.717) is 6.42 Å². The van der Waals surface area contributed by atoms with Crippen molar-refractivity contribution in [3.05, 3.63) is 0 Å². The molecule has 0 amide bonds. The van der Waals surface area contributed by atoms with Crippen LogP contribution in [0, 0.1) is 0 Å². The number of hydrogen-bond acceptors (Lipinski definition) is 3. The van der Waals surface area contributed by atoms with Gasteiger partial charge in [-0.15, -0.1) is 0 Å². The molecular formula is C15H32O4S. The van der Waals surface area contributed by atoms with Crippen molar-refractivity contribution in [3.63, 3.8) is 0 Å². The zero-order valence-electron chi connectivity index (χ0n) is 12.9. The standard InChI is InChI=1S/C15H32O4S/c1-2-3-4-5-6-9-12-15(16)13-10-7-8-11-14-20(17,18)19/h15-16H,2-14H2,1H3,(H,17,18,19). The van der Waals surface area contributed by atoms with E-state index in [1.165, 1.54) is 32.1 Å². The van der Waals surface area contributed by atoms with E-state index in [9.17, 15) is 13.5 Å². The number of unbranched alkanes of at least 4 members (excludes halogenated alkanes) is 8.